The molecule has 0 atom stereocenters. The highest BCUT2D eigenvalue weighted by atomic mass is 32.2. The Balaban J connectivity index is 1.38. The molecule has 0 bridgehead atoms. The average molecular weight is 384 g/mol. The van der Waals surface area contributed by atoms with Gasteiger partial charge in [-0.3, -0.25) is 4.79 Å². The minimum atomic E-state index is -0.0835. The first-order chi connectivity index (χ1) is 13.8. The number of carbonyl (C=O) groups excluding carboxylic acids is 1. The van der Waals surface area contributed by atoms with Gasteiger partial charge in [0.2, 0.25) is 0 Å². The highest BCUT2D eigenvalue weighted by Crippen LogP contribution is 2.24. The summed E-state index contributed by atoms with van der Waals surface area (Å²) in [5.74, 6) is 1.84. The minimum Gasteiger partial charge on any atom is -0.321 e. The molecule has 0 saturated heterocycles. The lowest BCUT2D eigenvalue weighted by Crippen LogP contribution is -2.12. The fourth-order valence-electron chi connectivity index (χ4n) is 3.14. The number of benzene rings is 4. The molecule has 0 heterocycles. The van der Waals surface area contributed by atoms with Crippen LogP contribution in [-0.4, -0.2) is 5.91 Å². The Kier molecular flexibility index (Phi) is 5.74. The number of rotatable bonds is 6. The fourth-order valence-corrected chi connectivity index (χ4v) is 4.10. The zero-order chi connectivity index (χ0) is 19.2. The molecular formula is C25H21NOS. The quantitative estimate of drug-likeness (QED) is 0.410. The summed E-state index contributed by atoms with van der Waals surface area (Å²) in [5.41, 5.74) is 4.07. The van der Waals surface area contributed by atoms with Crippen LogP contribution in [0.1, 0.15) is 21.5 Å². The van der Waals surface area contributed by atoms with E-state index in [0.29, 0.717) is 5.56 Å². The van der Waals surface area contributed by atoms with Crippen LogP contribution < -0.4 is 5.32 Å². The Morgan fingerprint density at radius 2 is 1.32 bits per heavy atom. The predicted octanol–water partition coefficient (Wildman–Crippen LogP) is 6.53. The van der Waals surface area contributed by atoms with Gasteiger partial charge in [-0.25, -0.2) is 0 Å². The van der Waals surface area contributed by atoms with E-state index in [-0.39, 0.29) is 5.91 Å². The molecule has 0 saturated carbocycles. The number of thioether (sulfide) groups is 1. The molecular weight excluding hydrogens is 362 g/mol. The third-order valence-corrected chi connectivity index (χ3v) is 5.71. The Bertz CT molecular complexity index is 1070. The maximum atomic E-state index is 12.7. The van der Waals surface area contributed by atoms with Crippen molar-refractivity contribution in [2.75, 3.05) is 5.32 Å². The van der Waals surface area contributed by atoms with Gasteiger partial charge in [0.1, 0.15) is 0 Å². The third-order valence-electron chi connectivity index (χ3n) is 4.63. The summed E-state index contributed by atoms with van der Waals surface area (Å²) in [6.45, 7) is 0. The van der Waals surface area contributed by atoms with E-state index in [4.69, 9.17) is 0 Å². The summed E-state index contributed by atoms with van der Waals surface area (Å²) in [4.78, 5) is 12.7. The van der Waals surface area contributed by atoms with Crippen molar-refractivity contribution in [1.82, 2.24) is 0 Å². The van der Waals surface area contributed by atoms with Gasteiger partial charge in [-0.05, 0) is 34.7 Å². The van der Waals surface area contributed by atoms with Crippen LogP contribution in [-0.2, 0) is 11.5 Å². The molecule has 0 fully saturated rings. The number of hydrogen-bond acceptors (Lipinski definition) is 2. The Hall–Kier alpha value is -3.04. The van der Waals surface area contributed by atoms with Crippen molar-refractivity contribution in [3.05, 3.63) is 114 Å². The molecule has 0 unspecified atom stereocenters. The van der Waals surface area contributed by atoms with Crippen LogP contribution >= 0.6 is 11.8 Å². The fraction of sp³-hybridized carbons (Fsp3) is 0.0800. The molecule has 4 rings (SSSR count). The molecule has 1 amide bonds. The number of hydrogen-bond donors (Lipinski definition) is 1. The van der Waals surface area contributed by atoms with Crippen molar-refractivity contribution in [3.8, 4) is 0 Å². The molecule has 0 spiro atoms. The number of amides is 1. The molecule has 4 aromatic carbocycles. The van der Waals surface area contributed by atoms with E-state index in [0.717, 1.165) is 28.0 Å². The molecule has 0 aliphatic rings. The van der Waals surface area contributed by atoms with E-state index in [1.807, 2.05) is 84.6 Å². The first-order valence-corrected chi connectivity index (χ1v) is 10.4. The number of fused-ring (bicyclic) bond motifs is 1. The van der Waals surface area contributed by atoms with Crippen LogP contribution in [0.5, 0.6) is 0 Å². The third kappa shape index (κ3) is 4.44. The van der Waals surface area contributed by atoms with Gasteiger partial charge >= 0.3 is 0 Å². The van der Waals surface area contributed by atoms with Crippen LogP contribution in [0, 0.1) is 0 Å². The van der Waals surface area contributed by atoms with Crippen LogP contribution in [0.2, 0.25) is 0 Å². The van der Waals surface area contributed by atoms with Crippen LogP contribution in [0.25, 0.3) is 10.8 Å². The zero-order valence-electron chi connectivity index (χ0n) is 15.5. The molecule has 2 nitrogen and oxygen atoms in total. The Morgan fingerprint density at radius 1 is 0.679 bits per heavy atom. The van der Waals surface area contributed by atoms with Crippen molar-refractivity contribution in [3.63, 3.8) is 0 Å². The lowest BCUT2D eigenvalue weighted by molar-refractivity contribution is 0.102. The summed E-state index contributed by atoms with van der Waals surface area (Å²) < 4.78 is 0. The monoisotopic (exact) mass is 383 g/mol. The summed E-state index contributed by atoms with van der Waals surface area (Å²) in [7, 11) is 0. The van der Waals surface area contributed by atoms with Crippen molar-refractivity contribution in [2.45, 2.75) is 11.5 Å². The molecule has 3 heteroatoms. The summed E-state index contributed by atoms with van der Waals surface area (Å²) in [5, 5.41) is 5.21. The van der Waals surface area contributed by atoms with Gasteiger partial charge in [-0.2, -0.15) is 11.8 Å². The second-order valence-electron chi connectivity index (χ2n) is 6.66. The zero-order valence-corrected chi connectivity index (χ0v) is 16.3. The van der Waals surface area contributed by atoms with Gasteiger partial charge in [-0.1, -0.05) is 78.9 Å². The van der Waals surface area contributed by atoms with Crippen molar-refractivity contribution in [2.24, 2.45) is 0 Å². The van der Waals surface area contributed by atoms with E-state index in [1.54, 1.807) is 0 Å². The molecule has 4 aromatic rings. The first kappa shape index (κ1) is 18.3. The topological polar surface area (TPSA) is 29.1 Å². The Morgan fingerprint density at radius 3 is 2.11 bits per heavy atom. The largest absolute Gasteiger partial charge is 0.321 e. The molecule has 138 valence electrons. The van der Waals surface area contributed by atoms with Gasteiger partial charge < -0.3 is 5.32 Å². The second-order valence-corrected chi connectivity index (χ2v) is 7.64. The molecule has 0 aromatic heterocycles. The van der Waals surface area contributed by atoms with E-state index in [2.05, 4.69) is 29.6 Å². The lowest BCUT2D eigenvalue weighted by Gasteiger charge is -2.09. The van der Waals surface area contributed by atoms with Gasteiger partial charge in [0.25, 0.3) is 5.91 Å². The lowest BCUT2D eigenvalue weighted by atomic mass is 10.1. The van der Waals surface area contributed by atoms with Crippen molar-refractivity contribution >= 4 is 34.1 Å². The van der Waals surface area contributed by atoms with Crippen LogP contribution in [0.15, 0.2) is 97.1 Å². The maximum Gasteiger partial charge on any atom is 0.255 e. The summed E-state index contributed by atoms with van der Waals surface area (Å²) >= 11 is 1.88. The summed E-state index contributed by atoms with van der Waals surface area (Å²) in [6.07, 6.45) is 0. The molecule has 0 aliphatic heterocycles. The smallest absolute Gasteiger partial charge is 0.255 e. The SMILES string of the molecule is O=C(Nc1cccc2ccccc12)c1ccc(CSCc2ccccc2)cc1. The molecule has 1 N–H and O–H groups in total. The minimum absolute atomic E-state index is 0.0835. The number of carbonyl (C=O) groups is 1. The van der Waals surface area contributed by atoms with Gasteiger partial charge in [0.15, 0.2) is 0 Å². The van der Waals surface area contributed by atoms with Crippen LogP contribution in [0.3, 0.4) is 0 Å². The van der Waals surface area contributed by atoms with Gasteiger partial charge in [0.05, 0.1) is 0 Å². The molecule has 0 radical (unpaired) electrons. The highest BCUT2D eigenvalue weighted by Gasteiger charge is 2.08. The predicted molar refractivity (Wildman–Crippen MR) is 120 cm³/mol. The van der Waals surface area contributed by atoms with E-state index < -0.39 is 0 Å². The standard InChI is InChI=1S/C25H21NOS/c27-25(26-24-12-6-10-21-9-4-5-11-23(21)24)22-15-13-20(14-16-22)18-28-17-19-7-2-1-3-8-19/h1-16H,17-18H2,(H,26,27). The van der Waals surface area contributed by atoms with Gasteiger partial charge in [0, 0.05) is 28.1 Å². The van der Waals surface area contributed by atoms with Gasteiger partial charge in [-0.15, -0.1) is 0 Å². The van der Waals surface area contributed by atoms with E-state index in [9.17, 15) is 4.79 Å². The molecule has 28 heavy (non-hydrogen) atoms. The maximum absolute atomic E-state index is 12.7. The number of nitrogens with one attached hydrogen (secondary N) is 1. The molecule has 0 aliphatic carbocycles. The second kappa shape index (κ2) is 8.77. The first-order valence-electron chi connectivity index (χ1n) is 9.29. The highest BCUT2D eigenvalue weighted by molar-refractivity contribution is 7.97. The normalized spacial score (nSPS) is 10.7. The Labute approximate surface area is 169 Å². The van der Waals surface area contributed by atoms with Crippen LogP contribution in [0.4, 0.5) is 5.69 Å². The van der Waals surface area contributed by atoms with Crippen molar-refractivity contribution < 1.29 is 4.79 Å². The van der Waals surface area contributed by atoms with E-state index >= 15 is 0 Å². The van der Waals surface area contributed by atoms with E-state index in [1.165, 1.54) is 11.1 Å². The average Bonchev–Trinajstić information content (AvgIpc) is 2.75. The van der Waals surface area contributed by atoms with Crippen molar-refractivity contribution in [1.29, 1.82) is 0 Å². The number of anilines is 1. The summed E-state index contributed by atoms with van der Waals surface area (Å²) in [6, 6.07) is 32.4.